The number of ether oxygens (including phenoxy) is 4. The van der Waals surface area contributed by atoms with E-state index in [1.165, 1.54) is 30.4 Å². The number of methoxy groups -OCH3 is 2. The first kappa shape index (κ1) is 36.9. The van der Waals surface area contributed by atoms with Crippen LogP contribution in [0.15, 0.2) is 72.8 Å². The van der Waals surface area contributed by atoms with Crippen molar-refractivity contribution in [3.63, 3.8) is 0 Å². The van der Waals surface area contributed by atoms with Crippen LogP contribution in [0.25, 0.3) is 0 Å². The molecule has 7 rings (SSSR count). The molecule has 14 heteroatoms. The lowest BCUT2D eigenvalue weighted by atomic mass is 9.94. The Labute approximate surface area is 314 Å². The summed E-state index contributed by atoms with van der Waals surface area (Å²) in [5.74, 6) is 0.525. The Hall–Kier alpha value is -5.47. The highest BCUT2D eigenvalue weighted by atomic mass is 32.2. The average molecular weight is 757 g/mol. The Bertz CT molecular complexity index is 2160. The maximum absolute atomic E-state index is 13.8. The number of carbonyl (C=O) groups excluding carboxylic acids is 2. The number of amides is 2. The molecule has 3 aliphatic heterocycles. The summed E-state index contributed by atoms with van der Waals surface area (Å²) in [7, 11) is -1.36. The maximum atomic E-state index is 13.8. The van der Waals surface area contributed by atoms with E-state index in [9.17, 15) is 22.6 Å². The van der Waals surface area contributed by atoms with E-state index in [4.69, 9.17) is 18.9 Å². The van der Waals surface area contributed by atoms with E-state index in [1.807, 2.05) is 47.4 Å². The van der Waals surface area contributed by atoms with Gasteiger partial charge in [-0.2, -0.15) is 8.42 Å². The molecule has 54 heavy (non-hydrogen) atoms. The molecule has 0 radical (unpaired) electrons. The molecule has 3 heterocycles. The predicted octanol–water partition coefficient (Wildman–Crippen LogP) is 5.78. The van der Waals surface area contributed by atoms with Crippen molar-refractivity contribution in [2.75, 3.05) is 61.9 Å². The Morgan fingerprint density at radius 2 is 1.54 bits per heavy atom. The number of para-hydroxylation sites is 1. The number of nitrogens with one attached hydrogen (secondary N) is 2. The van der Waals surface area contributed by atoms with Crippen LogP contribution < -0.4 is 34.5 Å². The van der Waals surface area contributed by atoms with Crippen LogP contribution in [0.1, 0.15) is 56.7 Å². The summed E-state index contributed by atoms with van der Waals surface area (Å²) in [5.41, 5.74) is 5.95. The zero-order chi connectivity index (χ0) is 37.8. The van der Waals surface area contributed by atoms with Gasteiger partial charge in [-0.3, -0.25) is 14.1 Å². The summed E-state index contributed by atoms with van der Waals surface area (Å²) in [6.45, 7) is 2.41. The van der Waals surface area contributed by atoms with E-state index in [1.54, 1.807) is 18.1 Å². The van der Waals surface area contributed by atoms with E-state index >= 15 is 0 Å². The minimum atomic E-state index is -4.39. The Balaban J connectivity index is 0.956. The van der Waals surface area contributed by atoms with Crippen LogP contribution >= 0.6 is 0 Å². The molecule has 13 nitrogen and oxygen atoms in total. The van der Waals surface area contributed by atoms with Crippen molar-refractivity contribution >= 4 is 39.0 Å². The van der Waals surface area contributed by atoms with Crippen LogP contribution in [0.3, 0.4) is 0 Å². The summed E-state index contributed by atoms with van der Waals surface area (Å²) < 4.78 is 56.1. The Morgan fingerprint density at radius 1 is 0.870 bits per heavy atom. The van der Waals surface area contributed by atoms with Gasteiger partial charge in [-0.25, -0.2) is 0 Å². The summed E-state index contributed by atoms with van der Waals surface area (Å²) in [6, 6.07) is 22.6. The first-order chi connectivity index (χ1) is 26.1. The maximum Gasteiger partial charge on any atom is 0.283 e. The monoisotopic (exact) mass is 756 g/mol. The lowest BCUT2D eigenvalue weighted by Gasteiger charge is -2.35. The number of anilines is 3. The van der Waals surface area contributed by atoms with Crippen molar-refractivity contribution in [2.24, 2.45) is 0 Å². The quantitative estimate of drug-likeness (QED) is 0.106. The molecular weight excluding hydrogens is 713 g/mol. The molecule has 3 N–H and O–H groups in total. The SMILES string of the molecule is COc1cc(C(=O)N2CCc3ccccc32)c(NCS(=O)(=O)O)cc1OCCCCCOc1cc2c(cc1OC)C(=O)N1Cc3ccccc3CC1CN2. The van der Waals surface area contributed by atoms with Gasteiger partial charge < -0.3 is 39.4 Å². The first-order valence-electron chi connectivity index (χ1n) is 18.0. The molecule has 4 aromatic rings. The van der Waals surface area contributed by atoms with E-state index in [0.717, 1.165) is 29.8 Å². The molecular formula is C40H44N4O9S. The van der Waals surface area contributed by atoms with Crippen LogP contribution in [0.2, 0.25) is 0 Å². The fourth-order valence-electron chi connectivity index (χ4n) is 7.31. The number of benzene rings is 4. The zero-order valence-electron chi connectivity index (χ0n) is 30.3. The summed E-state index contributed by atoms with van der Waals surface area (Å²) in [5, 5.41) is 6.16. The largest absolute Gasteiger partial charge is 0.493 e. The standard InChI is InChI=1S/C40H44N4O9S/c1-50-35-19-30-32(41-23-29-18-27-11-4-5-12-28(27)24-44(29)40(30)46)21-37(35)52-16-8-3-9-17-53-38-22-33(42-25-54(47,48)49)31(20-36(38)51-2)39(45)43-15-14-26-10-6-7-13-34(26)43/h4-7,10-13,19-22,29,41-42H,3,8-9,14-18,23-25H2,1-2H3,(H,47,48,49). The molecule has 1 atom stereocenters. The van der Waals surface area contributed by atoms with Gasteiger partial charge in [0.25, 0.3) is 21.9 Å². The number of rotatable bonds is 14. The van der Waals surface area contributed by atoms with Crippen LogP contribution in [0.4, 0.5) is 17.1 Å². The molecule has 0 spiro atoms. The number of hydrogen-bond donors (Lipinski definition) is 3. The van der Waals surface area contributed by atoms with Gasteiger partial charge in [-0.1, -0.05) is 42.5 Å². The summed E-state index contributed by atoms with van der Waals surface area (Å²) >= 11 is 0. The molecule has 0 bridgehead atoms. The Kier molecular flexibility index (Phi) is 10.8. The third-order valence-corrected chi connectivity index (χ3v) is 10.6. The van der Waals surface area contributed by atoms with Crippen molar-refractivity contribution in [3.05, 3.63) is 101 Å². The zero-order valence-corrected chi connectivity index (χ0v) is 31.1. The van der Waals surface area contributed by atoms with Gasteiger partial charge in [0.05, 0.1) is 56.0 Å². The van der Waals surface area contributed by atoms with Gasteiger partial charge >= 0.3 is 0 Å². The van der Waals surface area contributed by atoms with Crippen molar-refractivity contribution in [3.8, 4) is 23.0 Å². The topological polar surface area (TPSA) is 156 Å². The van der Waals surface area contributed by atoms with E-state index < -0.39 is 16.0 Å². The second-order valence-corrected chi connectivity index (χ2v) is 15.0. The highest BCUT2D eigenvalue weighted by molar-refractivity contribution is 7.85. The van der Waals surface area contributed by atoms with Crippen LogP contribution in [-0.2, 0) is 29.5 Å². The van der Waals surface area contributed by atoms with Gasteiger partial charge in [0, 0.05) is 37.5 Å². The molecule has 284 valence electrons. The van der Waals surface area contributed by atoms with Gasteiger partial charge in [-0.05, 0) is 67.0 Å². The van der Waals surface area contributed by atoms with Crippen LogP contribution in [-0.4, -0.2) is 82.1 Å². The predicted molar refractivity (Wildman–Crippen MR) is 205 cm³/mol. The van der Waals surface area contributed by atoms with Crippen molar-refractivity contribution in [2.45, 2.75) is 44.7 Å². The Morgan fingerprint density at radius 3 is 2.26 bits per heavy atom. The second-order valence-electron chi connectivity index (χ2n) is 13.5. The molecule has 2 amide bonds. The van der Waals surface area contributed by atoms with Gasteiger partial charge in [0.1, 0.15) is 5.88 Å². The van der Waals surface area contributed by atoms with E-state index in [0.29, 0.717) is 80.7 Å². The summed E-state index contributed by atoms with van der Waals surface area (Å²) in [4.78, 5) is 31.1. The third-order valence-electron chi connectivity index (χ3n) is 10.1. The molecule has 0 saturated carbocycles. The normalized spacial score (nSPS) is 15.9. The third kappa shape index (κ3) is 7.90. The molecule has 0 saturated heterocycles. The fourth-order valence-corrected chi connectivity index (χ4v) is 7.65. The lowest BCUT2D eigenvalue weighted by molar-refractivity contribution is 0.0660. The second kappa shape index (κ2) is 15.9. The van der Waals surface area contributed by atoms with Crippen LogP contribution in [0, 0.1) is 0 Å². The van der Waals surface area contributed by atoms with Gasteiger partial charge in [0.2, 0.25) is 0 Å². The number of unbranched alkanes of at least 4 members (excludes halogenated alkanes) is 2. The fraction of sp³-hybridized carbons (Fsp3) is 0.350. The first-order valence-corrected chi connectivity index (χ1v) is 19.6. The van der Waals surface area contributed by atoms with Gasteiger partial charge in [-0.15, -0.1) is 0 Å². The number of fused-ring (bicyclic) bond motifs is 4. The average Bonchev–Trinajstić information content (AvgIpc) is 3.56. The van der Waals surface area contributed by atoms with E-state index in [-0.39, 0.29) is 29.1 Å². The molecule has 4 aromatic carbocycles. The number of nitrogens with zero attached hydrogens (tertiary/aromatic N) is 2. The van der Waals surface area contributed by atoms with Crippen molar-refractivity contribution in [1.29, 1.82) is 0 Å². The highest BCUT2D eigenvalue weighted by Gasteiger charge is 2.35. The minimum absolute atomic E-state index is 0.0316. The molecule has 0 fully saturated rings. The molecule has 1 unspecified atom stereocenters. The van der Waals surface area contributed by atoms with Crippen molar-refractivity contribution in [1.82, 2.24) is 4.90 Å². The van der Waals surface area contributed by atoms with E-state index in [2.05, 4.69) is 22.8 Å². The minimum Gasteiger partial charge on any atom is -0.493 e. The lowest BCUT2D eigenvalue weighted by Crippen LogP contribution is -2.45. The smallest absolute Gasteiger partial charge is 0.283 e. The number of carbonyl (C=O) groups is 2. The molecule has 0 aromatic heterocycles. The molecule has 0 aliphatic carbocycles. The number of hydrogen-bond acceptors (Lipinski definition) is 10. The summed E-state index contributed by atoms with van der Waals surface area (Å²) in [6.07, 6.45) is 3.65. The van der Waals surface area contributed by atoms with Crippen LogP contribution in [0.5, 0.6) is 23.0 Å². The molecule has 3 aliphatic rings. The highest BCUT2D eigenvalue weighted by Crippen LogP contribution is 2.39. The van der Waals surface area contributed by atoms with Gasteiger partial charge in [0.15, 0.2) is 23.0 Å². The van der Waals surface area contributed by atoms with Crippen molar-refractivity contribution < 1.29 is 41.5 Å².